The van der Waals surface area contributed by atoms with Gasteiger partial charge < -0.3 is 16.4 Å². The van der Waals surface area contributed by atoms with Crippen LogP contribution in [0.25, 0.3) is 11.3 Å². The molecule has 3 heterocycles. The predicted molar refractivity (Wildman–Crippen MR) is 104 cm³/mol. The van der Waals surface area contributed by atoms with Crippen molar-refractivity contribution in [2.75, 3.05) is 6.54 Å². The summed E-state index contributed by atoms with van der Waals surface area (Å²) in [6, 6.07) is 7.54. The zero-order valence-electron chi connectivity index (χ0n) is 15.0. The molecule has 3 aromatic rings. The molecule has 1 aliphatic heterocycles. The van der Waals surface area contributed by atoms with Crippen molar-refractivity contribution < 1.29 is 14.0 Å². The predicted octanol–water partition coefficient (Wildman–Crippen LogP) is 2.32. The number of amides is 3. The number of nitrogens with zero attached hydrogens (tertiary/aromatic N) is 4. The number of benzene rings is 1. The van der Waals surface area contributed by atoms with Gasteiger partial charge in [0, 0.05) is 18.3 Å². The molecule has 0 saturated heterocycles. The average Bonchev–Trinajstić information content (AvgIpc) is 3.07. The van der Waals surface area contributed by atoms with Crippen molar-refractivity contribution in [1.82, 2.24) is 19.7 Å². The third kappa shape index (κ3) is 3.29. The number of hydrogen-bond acceptors (Lipinski definition) is 4. The number of carbonyl (C=O) groups is 2. The number of fused-ring (bicyclic) bond motifs is 1. The summed E-state index contributed by atoms with van der Waals surface area (Å²) in [4.78, 5) is 29.9. The molecular weight excluding hydrogens is 399 g/mol. The van der Waals surface area contributed by atoms with Gasteiger partial charge in [0.25, 0.3) is 5.91 Å². The Morgan fingerprint density at radius 3 is 2.62 bits per heavy atom. The fraction of sp³-hybridized carbons (Fsp3) is 0.158. The molecule has 3 amide bonds. The quantitative estimate of drug-likeness (QED) is 0.639. The van der Waals surface area contributed by atoms with E-state index in [9.17, 15) is 14.0 Å². The number of hydrogen-bond donors (Lipinski definition) is 2. The van der Waals surface area contributed by atoms with Gasteiger partial charge in [-0.05, 0) is 29.8 Å². The fourth-order valence-corrected chi connectivity index (χ4v) is 3.83. The first-order chi connectivity index (χ1) is 13.9. The molecular formula is C19H16ClFN6O2. The van der Waals surface area contributed by atoms with Crippen molar-refractivity contribution in [3.63, 3.8) is 0 Å². The van der Waals surface area contributed by atoms with Crippen LogP contribution in [0.3, 0.4) is 0 Å². The van der Waals surface area contributed by atoms with Crippen LogP contribution in [0.2, 0.25) is 5.15 Å². The number of primary amides is 2. The second kappa shape index (κ2) is 7.17. The van der Waals surface area contributed by atoms with Crippen molar-refractivity contribution in [2.24, 2.45) is 11.5 Å². The van der Waals surface area contributed by atoms with Crippen molar-refractivity contribution >= 4 is 23.5 Å². The molecule has 4 N–H and O–H groups in total. The van der Waals surface area contributed by atoms with E-state index in [1.807, 2.05) is 0 Å². The van der Waals surface area contributed by atoms with E-state index < -0.39 is 23.8 Å². The third-order valence-corrected chi connectivity index (χ3v) is 5.02. The molecule has 29 heavy (non-hydrogen) atoms. The third-order valence-electron chi connectivity index (χ3n) is 4.81. The molecule has 0 saturated carbocycles. The Morgan fingerprint density at radius 1 is 1.17 bits per heavy atom. The number of carbonyl (C=O) groups excluding carboxylic acids is 2. The number of urea groups is 1. The van der Waals surface area contributed by atoms with Crippen LogP contribution < -0.4 is 11.5 Å². The van der Waals surface area contributed by atoms with E-state index in [1.165, 1.54) is 29.3 Å². The molecule has 1 unspecified atom stereocenters. The van der Waals surface area contributed by atoms with E-state index in [4.69, 9.17) is 23.1 Å². The lowest BCUT2D eigenvalue weighted by Crippen LogP contribution is -2.46. The van der Waals surface area contributed by atoms with E-state index in [-0.39, 0.29) is 23.0 Å². The Kier molecular flexibility index (Phi) is 4.67. The van der Waals surface area contributed by atoms with Crippen molar-refractivity contribution in [1.29, 1.82) is 0 Å². The summed E-state index contributed by atoms with van der Waals surface area (Å²) in [5, 5.41) is 4.71. The van der Waals surface area contributed by atoms with Gasteiger partial charge in [-0.25, -0.2) is 14.2 Å². The minimum Gasteiger partial charge on any atom is -0.365 e. The Labute approximate surface area is 169 Å². The number of pyridine rings is 1. The molecule has 10 heteroatoms. The topological polar surface area (TPSA) is 120 Å². The SMILES string of the molecule is NC(=O)c1c(-c2cccc(F)c2)nn2c1C(c1ccnc(Cl)c1)N(C(N)=O)CC2. The molecule has 0 spiro atoms. The van der Waals surface area contributed by atoms with E-state index in [2.05, 4.69) is 10.1 Å². The first kappa shape index (κ1) is 18.9. The van der Waals surface area contributed by atoms with E-state index >= 15 is 0 Å². The Bertz CT molecular complexity index is 1130. The molecule has 2 aromatic heterocycles. The Hall–Kier alpha value is -3.46. The minimum atomic E-state index is -0.751. The van der Waals surface area contributed by atoms with Gasteiger partial charge in [0.2, 0.25) is 0 Å². The average molecular weight is 415 g/mol. The molecule has 0 aliphatic carbocycles. The van der Waals surface area contributed by atoms with Crippen LogP contribution in [0, 0.1) is 5.82 Å². The summed E-state index contributed by atoms with van der Waals surface area (Å²) in [7, 11) is 0. The Morgan fingerprint density at radius 2 is 1.97 bits per heavy atom. The van der Waals surface area contributed by atoms with Crippen LogP contribution >= 0.6 is 11.6 Å². The summed E-state index contributed by atoms with van der Waals surface area (Å²) >= 11 is 6.04. The molecule has 148 valence electrons. The molecule has 1 aromatic carbocycles. The summed E-state index contributed by atoms with van der Waals surface area (Å²) in [5.41, 5.74) is 13.0. The van der Waals surface area contributed by atoms with Gasteiger partial charge in [-0.3, -0.25) is 9.48 Å². The lowest BCUT2D eigenvalue weighted by atomic mass is 9.95. The van der Waals surface area contributed by atoms with Gasteiger partial charge in [0.15, 0.2) is 0 Å². The van der Waals surface area contributed by atoms with E-state index in [1.54, 1.807) is 22.9 Å². The number of rotatable bonds is 3. The van der Waals surface area contributed by atoms with Gasteiger partial charge in [0.1, 0.15) is 22.7 Å². The molecule has 8 nitrogen and oxygen atoms in total. The maximum atomic E-state index is 13.8. The van der Waals surface area contributed by atoms with Crippen LogP contribution in [0.4, 0.5) is 9.18 Å². The molecule has 1 atom stereocenters. The van der Waals surface area contributed by atoms with Crippen LogP contribution in [0.1, 0.15) is 27.7 Å². The highest BCUT2D eigenvalue weighted by Crippen LogP contribution is 2.38. The number of nitrogens with two attached hydrogens (primary N) is 2. The molecule has 4 rings (SSSR count). The van der Waals surface area contributed by atoms with Crippen LogP contribution in [0.15, 0.2) is 42.6 Å². The highest BCUT2D eigenvalue weighted by molar-refractivity contribution is 6.29. The van der Waals surface area contributed by atoms with Crippen LogP contribution in [0.5, 0.6) is 0 Å². The Balaban J connectivity index is 1.99. The van der Waals surface area contributed by atoms with Crippen LogP contribution in [-0.2, 0) is 6.54 Å². The van der Waals surface area contributed by atoms with Gasteiger partial charge in [-0.1, -0.05) is 23.7 Å². The van der Waals surface area contributed by atoms with Gasteiger partial charge in [0.05, 0.1) is 17.8 Å². The molecule has 1 aliphatic rings. The summed E-state index contributed by atoms with van der Waals surface area (Å²) in [6.07, 6.45) is 1.49. The largest absolute Gasteiger partial charge is 0.365 e. The summed E-state index contributed by atoms with van der Waals surface area (Å²) < 4.78 is 15.4. The van der Waals surface area contributed by atoms with Crippen molar-refractivity contribution in [3.8, 4) is 11.3 Å². The maximum absolute atomic E-state index is 13.8. The first-order valence-electron chi connectivity index (χ1n) is 8.70. The highest BCUT2D eigenvalue weighted by atomic mass is 35.5. The first-order valence-corrected chi connectivity index (χ1v) is 9.08. The maximum Gasteiger partial charge on any atom is 0.315 e. The van der Waals surface area contributed by atoms with Crippen molar-refractivity contribution in [3.05, 3.63) is 70.4 Å². The zero-order valence-corrected chi connectivity index (χ0v) is 15.8. The smallest absolute Gasteiger partial charge is 0.315 e. The molecule has 0 bridgehead atoms. The van der Waals surface area contributed by atoms with Gasteiger partial charge in [-0.2, -0.15) is 5.10 Å². The minimum absolute atomic E-state index is 0.0967. The fourth-order valence-electron chi connectivity index (χ4n) is 3.65. The lowest BCUT2D eigenvalue weighted by molar-refractivity contribution is 0.0995. The van der Waals surface area contributed by atoms with E-state index in [0.29, 0.717) is 23.4 Å². The van der Waals surface area contributed by atoms with Gasteiger partial charge in [-0.15, -0.1) is 0 Å². The monoisotopic (exact) mass is 414 g/mol. The zero-order chi connectivity index (χ0) is 20.7. The normalized spacial score (nSPS) is 15.8. The number of halogens is 2. The van der Waals surface area contributed by atoms with E-state index in [0.717, 1.165) is 0 Å². The molecule has 0 radical (unpaired) electrons. The standard InChI is InChI=1S/C19H16ClFN6O2/c20-13-9-11(4-5-24-13)16-17-14(18(22)28)15(10-2-1-3-12(21)8-10)25-27(17)7-6-26(16)19(23)29/h1-5,8-9,16H,6-7H2,(H2,22,28)(H2,23,29). The lowest BCUT2D eigenvalue weighted by Gasteiger charge is -2.35. The van der Waals surface area contributed by atoms with Gasteiger partial charge >= 0.3 is 6.03 Å². The second-order valence-corrected chi connectivity index (χ2v) is 6.94. The molecule has 0 fully saturated rings. The second-order valence-electron chi connectivity index (χ2n) is 6.55. The highest BCUT2D eigenvalue weighted by Gasteiger charge is 2.38. The van der Waals surface area contributed by atoms with Crippen molar-refractivity contribution in [2.45, 2.75) is 12.6 Å². The summed E-state index contributed by atoms with van der Waals surface area (Å²) in [5.74, 6) is -1.22. The number of aromatic nitrogens is 3. The van der Waals surface area contributed by atoms with Crippen LogP contribution in [-0.4, -0.2) is 38.1 Å². The summed E-state index contributed by atoms with van der Waals surface area (Å²) in [6.45, 7) is 0.554.